The van der Waals surface area contributed by atoms with Gasteiger partial charge >= 0.3 is 6.18 Å². The molecule has 3 atom stereocenters. The molecule has 3 aromatic rings. The lowest BCUT2D eigenvalue weighted by Gasteiger charge is -2.21. The van der Waals surface area contributed by atoms with Crippen molar-refractivity contribution < 1.29 is 13.2 Å². The Bertz CT molecular complexity index is 1160. The van der Waals surface area contributed by atoms with Gasteiger partial charge in [-0.25, -0.2) is 0 Å². The summed E-state index contributed by atoms with van der Waals surface area (Å²) >= 11 is 0. The van der Waals surface area contributed by atoms with Crippen LogP contribution in [0.15, 0.2) is 41.3 Å². The van der Waals surface area contributed by atoms with Crippen LogP contribution in [-0.2, 0) is 0 Å². The third-order valence-corrected chi connectivity index (χ3v) is 6.08. The Morgan fingerprint density at radius 3 is 2.53 bits per heavy atom. The highest BCUT2D eigenvalue weighted by molar-refractivity contribution is 5.90. The number of hydrogen-bond donors (Lipinski definition) is 4. The average Bonchev–Trinajstić information content (AvgIpc) is 3.45. The molecule has 34 heavy (non-hydrogen) atoms. The van der Waals surface area contributed by atoms with E-state index in [1.54, 1.807) is 13.0 Å². The summed E-state index contributed by atoms with van der Waals surface area (Å²) in [6.45, 7) is 4.00. The zero-order chi connectivity index (χ0) is 24.7. The Balaban J connectivity index is 0.000000302. The standard InChI is InChI=1S/C16H16F3N5O.C8H13N/c1-2-20-13(16(17,18)19)9-3-5-10(6-4-9)22-14-12-11(23-24-14)7-8-21-15(12)25;1-2-7-4-3-5-8(7)6-9/h3-8,13,20H,2H2,1H3,(H,21,25)(H2,22,23,24);7-8H,2-5H2,1H3/t;7-,8?/m.0/s1. The fourth-order valence-electron chi connectivity index (χ4n) is 4.29. The van der Waals surface area contributed by atoms with Gasteiger partial charge in [0.1, 0.15) is 11.4 Å². The predicted octanol–water partition coefficient (Wildman–Crippen LogP) is 5.54. The quantitative estimate of drug-likeness (QED) is 0.375. The van der Waals surface area contributed by atoms with E-state index in [1.165, 1.54) is 49.7 Å². The first kappa shape index (κ1) is 25.3. The summed E-state index contributed by atoms with van der Waals surface area (Å²) < 4.78 is 39.3. The van der Waals surface area contributed by atoms with E-state index in [0.717, 1.165) is 12.3 Å². The second-order valence-electron chi connectivity index (χ2n) is 8.28. The van der Waals surface area contributed by atoms with Gasteiger partial charge in [-0.2, -0.15) is 23.5 Å². The molecule has 182 valence electrons. The zero-order valence-electron chi connectivity index (χ0n) is 19.2. The van der Waals surface area contributed by atoms with Crippen molar-refractivity contribution in [2.45, 2.75) is 51.7 Å². The largest absolute Gasteiger partial charge is 0.407 e. The van der Waals surface area contributed by atoms with Gasteiger partial charge in [-0.1, -0.05) is 38.8 Å². The third kappa shape index (κ3) is 5.97. The van der Waals surface area contributed by atoms with Crippen LogP contribution in [0.2, 0.25) is 0 Å². The first-order chi connectivity index (χ1) is 16.3. The number of hydrogen-bond acceptors (Lipinski definition) is 5. The highest BCUT2D eigenvalue weighted by atomic mass is 19.4. The first-order valence-electron chi connectivity index (χ1n) is 11.4. The van der Waals surface area contributed by atoms with Crippen molar-refractivity contribution in [2.75, 3.05) is 11.9 Å². The van der Waals surface area contributed by atoms with E-state index in [0.29, 0.717) is 28.3 Å². The van der Waals surface area contributed by atoms with Gasteiger partial charge in [0.05, 0.1) is 11.6 Å². The minimum Gasteiger partial charge on any atom is -0.338 e. The summed E-state index contributed by atoms with van der Waals surface area (Å²) in [5.74, 6) is 1.41. The number of aromatic amines is 2. The summed E-state index contributed by atoms with van der Waals surface area (Å²) in [7, 11) is 0. The van der Waals surface area contributed by atoms with E-state index in [4.69, 9.17) is 5.26 Å². The number of pyridine rings is 1. The highest BCUT2D eigenvalue weighted by Gasteiger charge is 2.40. The number of benzene rings is 1. The molecule has 0 bridgehead atoms. The summed E-state index contributed by atoms with van der Waals surface area (Å²) in [6, 6.07) is 8.13. The van der Waals surface area contributed by atoms with Crippen molar-refractivity contribution >= 4 is 22.4 Å². The number of aromatic nitrogens is 3. The van der Waals surface area contributed by atoms with E-state index in [1.807, 2.05) is 0 Å². The first-order valence-corrected chi connectivity index (χ1v) is 11.4. The lowest BCUT2D eigenvalue weighted by Crippen LogP contribution is -2.33. The molecule has 0 aliphatic heterocycles. The number of H-pyrrole nitrogens is 2. The van der Waals surface area contributed by atoms with Gasteiger partial charge in [0.15, 0.2) is 5.82 Å². The van der Waals surface area contributed by atoms with Crippen LogP contribution in [0.4, 0.5) is 24.7 Å². The van der Waals surface area contributed by atoms with Crippen LogP contribution >= 0.6 is 0 Å². The molecule has 10 heteroatoms. The molecule has 1 fully saturated rings. The number of fused-ring (bicyclic) bond motifs is 1. The van der Waals surface area contributed by atoms with Gasteiger partial charge in [0, 0.05) is 17.8 Å². The van der Waals surface area contributed by atoms with Crippen molar-refractivity contribution in [3.8, 4) is 6.07 Å². The van der Waals surface area contributed by atoms with E-state index in [9.17, 15) is 18.0 Å². The van der Waals surface area contributed by atoms with Crippen molar-refractivity contribution in [3.05, 3.63) is 52.4 Å². The lowest BCUT2D eigenvalue weighted by molar-refractivity contribution is -0.157. The van der Waals surface area contributed by atoms with Crippen LogP contribution < -0.4 is 16.2 Å². The number of nitrogens with zero attached hydrogens (tertiary/aromatic N) is 2. The Morgan fingerprint density at radius 2 is 1.94 bits per heavy atom. The molecular weight excluding hydrogens is 445 g/mol. The lowest BCUT2D eigenvalue weighted by atomic mass is 9.95. The molecule has 2 aromatic heterocycles. The number of nitrogens with one attached hydrogen (secondary N) is 4. The molecule has 4 N–H and O–H groups in total. The van der Waals surface area contributed by atoms with Gasteiger partial charge in [-0.15, -0.1) is 0 Å². The minimum absolute atomic E-state index is 0.115. The number of anilines is 2. The van der Waals surface area contributed by atoms with Crippen molar-refractivity contribution in [1.82, 2.24) is 20.5 Å². The molecule has 4 rings (SSSR count). The second-order valence-corrected chi connectivity index (χ2v) is 8.28. The van der Waals surface area contributed by atoms with Crippen LogP contribution in [0.3, 0.4) is 0 Å². The smallest absolute Gasteiger partial charge is 0.338 e. The van der Waals surface area contributed by atoms with E-state index in [-0.39, 0.29) is 17.7 Å². The maximum atomic E-state index is 13.1. The summed E-state index contributed by atoms with van der Waals surface area (Å²) in [5, 5.41) is 21.1. The molecule has 1 aliphatic rings. The highest BCUT2D eigenvalue weighted by Crippen LogP contribution is 2.34. The van der Waals surface area contributed by atoms with E-state index in [2.05, 4.69) is 38.8 Å². The average molecular weight is 475 g/mol. The van der Waals surface area contributed by atoms with Crippen molar-refractivity contribution in [2.24, 2.45) is 11.8 Å². The maximum Gasteiger partial charge on any atom is 0.407 e. The Hall–Kier alpha value is -3.32. The minimum atomic E-state index is -4.38. The van der Waals surface area contributed by atoms with Crippen LogP contribution in [0.1, 0.15) is 51.1 Å². The van der Waals surface area contributed by atoms with Crippen LogP contribution in [0.5, 0.6) is 0 Å². The number of halogens is 3. The molecular formula is C24H29F3N6O. The van der Waals surface area contributed by atoms with Crippen molar-refractivity contribution in [1.29, 1.82) is 5.26 Å². The molecule has 1 aromatic carbocycles. The summed E-state index contributed by atoms with van der Waals surface area (Å²) in [5.41, 5.74) is 0.893. The molecule has 1 aliphatic carbocycles. The van der Waals surface area contributed by atoms with Crippen LogP contribution in [-0.4, -0.2) is 27.9 Å². The van der Waals surface area contributed by atoms with Crippen molar-refractivity contribution in [3.63, 3.8) is 0 Å². The van der Waals surface area contributed by atoms with E-state index >= 15 is 0 Å². The number of rotatable bonds is 6. The van der Waals surface area contributed by atoms with Gasteiger partial charge in [-0.3, -0.25) is 9.89 Å². The maximum absolute atomic E-state index is 13.1. The predicted molar refractivity (Wildman–Crippen MR) is 126 cm³/mol. The monoisotopic (exact) mass is 474 g/mol. The molecule has 2 heterocycles. The summed E-state index contributed by atoms with van der Waals surface area (Å²) in [6.07, 6.45) is 2.02. The Kier molecular flexibility index (Phi) is 8.34. The van der Waals surface area contributed by atoms with E-state index < -0.39 is 12.2 Å². The summed E-state index contributed by atoms with van der Waals surface area (Å²) in [4.78, 5) is 14.4. The molecule has 0 amide bonds. The molecule has 1 saturated carbocycles. The fourth-order valence-corrected chi connectivity index (χ4v) is 4.29. The van der Waals surface area contributed by atoms with Crippen LogP contribution in [0, 0.1) is 23.2 Å². The normalized spacial score (nSPS) is 18.7. The fraction of sp³-hybridized carbons (Fsp3) is 0.458. The van der Waals surface area contributed by atoms with Gasteiger partial charge < -0.3 is 15.6 Å². The van der Waals surface area contributed by atoms with Gasteiger partial charge in [-0.05, 0) is 49.1 Å². The molecule has 2 unspecified atom stereocenters. The van der Waals surface area contributed by atoms with Gasteiger partial charge in [0.2, 0.25) is 0 Å². The van der Waals surface area contributed by atoms with Gasteiger partial charge in [0.25, 0.3) is 5.56 Å². The second kappa shape index (κ2) is 11.2. The topological polar surface area (TPSA) is 109 Å². The molecule has 0 saturated heterocycles. The molecule has 7 nitrogen and oxygen atoms in total. The molecule has 0 radical (unpaired) electrons. The Morgan fingerprint density at radius 1 is 1.21 bits per heavy atom. The molecule has 0 spiro atoms. The van der Waals surface area contributed by atoms with Crippen LogP contribution in [0.25, 0.3) is 10.9 Å². The Labute approximate surface area is 195 Å². The third-order valence-electron chi connectivity index (χ3n) is 6.08. The number of nitriles is 1. The number of alkyl halides is 3. The zero-order valence-corrected chi connectivity index (χ0v) is 19.2. The SMILES string of the molecule is CCNC(c1ccc(Nc2n[nH]c3cc[nH]c(=O)c23)cc1)C(F)(F)F.CC[C@H]1CCCC1C#N.